The summed E-state index contributed by atoms with van der Waals surface area (Å²) in [6.45, 7) is 0. The van der Waals surface area contributed by atoms with Gasteiger partial charge in [0.2, 0.25) is 0 Å². The Morgan fingerprint density at radius 1 is 0.0938 bits per heavy atom. The Kier molecular flexibility index (Phi) is 38900. The molecular weight excluding hydrogens is 1060 g/mol. The largest absolute Gasteiger partial charge is 0.412 e. The molecule has 0 aromatic carbocycles. The summed E-state index contributed by atoms with van der Waals surface area (Å²) in [5.74, 6) is 0. The van der Waals surface area contributed by atoms with Crippen LogP contribution in [0.1, 0.15) is 0 Å². The number of hydrogen-bond acceptors (Lipinski definition) is 0. The molecular formula is H38Fe12O19Sr. The van der Waals surface area contributed by atoms with Crippen LogP contribution in [0, 0.1) is 0 Å². The van der Waals surface area contributed by atoms with Gasteiger partial charge < -0.3 is 104 Å². The fraction of sp³-hybridized carbons (Fsp3) is 0. The summed E-state index contributed by atoms with van der Waals surface area (Å²) in [4.78, 5) is 0. The molecule has 0 bridgehead atoms. The van der Waals surface area contributed by atoms with Crippen molar-refractivity contribution in [3.63, 3.8) is 0 Å². The van der Waals surface area contributed by atoms with Gasteiger partial charge >= 0.3 is 0 Å². The standard InChI is InChI=1S/12Fe.19H2O.Sr/h;;;;;;;;;;;;19*1H2;. The van der Waals surface area contributed by atoms with E-state index in [2.05, 4.69) is 0 Å². The quantitative estimate of drug-likeness (QED) is 0.204. The fourth-order valence-corrected chi connectivity index (χ4v) is 0. The third-order valence-electron chi connectivity index (χ3n) is 0. The van der Waals surface area contributed by atoms with Crippen molar-refractivity contribution >= 4 is 45.5 Å². The summed E-state index contributed by atoms with van der Waals surface area (Å²) in [5, 5.41) is 0. The summed E-state index contributed by atoms with van der Waals surface area (Å²) in [5.41, 5.74) is 0. The molecule has 0 saturated carbocycles. The first-order valence-corrected chi connectivity index (χ1v) is 0. The molecule has 0 rings (SSSR count). The molecule has 0 aliphatic rings. The summed E-state index contributed by atoms with van der Waals surface area (Å²) < 4.78 is 0. The fourth-order valence-electron chi connectivity index (χ4n) is 0. The molecule has 0 aromatic rings. The second-order valence-corrected chi connectivity index (χ2v) is 0. The molecule has 32 heavy (non-hydrogen) atoms. The molecule has 0 fully saturated rings. The molecule has 2 radical (unpaired) electrons. The average Bonchev–Trinajstić information content (AvgIpc) is 0. The van der Waals surface area contributed by atoms with E-state index in [1.165, 1.54) is 0 Å². The van der Waals surface area contributed by atoms with Crippen LogP contribution in [0.3, 0.4) is 0 Å². The van der Waals surface area contributed by atoms with Crippen LogP contribution in [0.4, 0.5) is 0 Å². The van der Waals surface area contributed by atoms with E-state index < -0.39 is 0 Å². The average molecular weight is 1100 g/mol. The van der Waals surface area contributed by atoms with Crippen molar-refractivity contribution in [1.29, 1.82) is 0 Å². The van der Waals surface area contributed by atoms with Gasteiger partial charge in [0.05, 0.1) is 0 Å². The summed E-state index contributed by atoms with van der Waals surface area (Å²) in [6.07, 6.45) is 0. The number of hydrogen-bond donors (Lipinski definition) is 0. The van der Waals surface area contributed by atoms with E-state index in [-0.39, 0.29) is 354 Å². The summed E-state index contributed by atoms with van der Waals surface area (Å²) >= 11 is 0. The van der Waals surface area contributed by atoms with Crippen molar-refractivity contribution in [2.45, 2.75) is 0 Å². The van der Waals surface area contributed by atoms with Crippen molar-refractivity contribution in [3.05, 3.63) is 0 Å². The van der Waals surface area contributed by atoms with Crippen LogP contribution < -0.4 is 0 Å². The predicted molar refractivity (Wildman–Crippen MR) is 74.4 cm³/mol. The van der Waals surface area contributed by atoms with Crippen molar-refractivity contribution in [3.8, 4) is 0 Å². The van der Waals surface area contributed by atoms with Crippen LogP contribution in [0.25, 0.3) is 0 Å². The van der Waals surface area contributed by atoms with Crippen molar-refractivity contribution < 1.29 is 309 Å². The first-order valence-electron chi connectivity index (χ1n) is 0. The van der Waals surface area contributed by atoms with Crippen molar-refractivity contribution in [2.24, 2.45) is 0 Å². The number of rotatable bonds is 0. The molecule has 0 heterocycles. The third kappa shape index (κ3) is 988. The topological polar surface area (TPSA) is 598 Å². The van der Waals surface area contributed by atoms with Gasteiger partial charge in [-0.25, -0.2) is 0 Å². The van der Waals surface area contributed by atoms with Gasteiger partial charge in [0.15, 0.2) is 0 Å². The Morgan fingerprint density at radius 3 is 0.0938 bits per heavy atom. The van der Waals surface area contributed by atoms with E-state index in [1.807, 2.05) is 0 Å². The van der Waals surface area contributed by atoms with E-state index in [1.54, 1.807) is 0 Å². The van der Waals surface area contributed by atoms with Gasteiger partial charge in [-0.05, 0) is 0 Å². The SMILES string of the molecule is O.O.O.O.O.O.O.O.O.O.O.O.O.O.O.O.O.O.O.[Fe].[Fe].[Fe].[Fe].[Fe].[Fe].[Fe].[Fe].[Fe].[Fe].[Fe].[Fe].[Sr]. The molecule has 0 aliphatic carbocycles. The molecule has 0 saturated heterocycles. The molecule has 0 unspecified atom stereocenters. The van der Waals surface area contributed by atoms with Crippen molar-refractivity contribution in [1.82, 2.24) is 0 Å². The Labute approximate surface area is 348 Å². The first-order chi connectivity index (χ1) is 0. The molecule has 32 heteroatoms. The van der Waals surface area contributed by atoms with Crippen LogP contribution in [-0.2, 0) is 205 Å². The van der Waals surface area contributed by atoms with Gasteiger partial charge in [-0.15, -0.1) is 0 Å². The van der Waals surface area contributed by atoms with Gasteiger partial charge in [-0.1, -0.05) is 0 Å². The zero-order valence-corrected chi connectivity index (χ0v) is 31.2. The van der Waals surface area contributed by atoms with E-state index >= 15 is 0 Å². The van der Waals surface area contributed by atoms with Crippen LogP contribution in [-0.4, -0.2) is 150 Å². The Balaban J connectivity index is 0. The van der Waals surface area contributed by atoms with E-state index in [0.717, 1.165) is 0 Å². The third-order valence-corrected chi connectivity index (χ3v) is 0. The van der Waals surface area contributed by atoms with Crippen LogP contribution in [0.2, 0.25) is 0 Å². The van der Waals surface area contributed by atoms with Crippen LogP contribution in [0.5, 0.6) is 0 Å². The predicted octanol–water partition coefficient (Wildman–Crippen LogP) is -16.1. The molecule has 0 aliphatic heterocycles. The van der Waals surface area contributed by atoms with Gasteiger partial charge in [0.1, 0.15) is 0 Å². The Hall–Kier alpha value is 6.95. The maximum absolute atomic E-state index is 0. The second kappa shape index (κ2) is 1070. The minimum Gasteiger partial charge on any atom is -0.412 e. The minimum absolute atomic E-state index is 0. The second-order valence-electron chi connectivity index (χ2n) is 0. The van der Waals surface area contributed by atoms with Crippen molar-refractivity contribution in [2.75, 3.05) is 0 Å². The smallest absolute Gasteiger partial charge is 0 e. The van der Waals surface area contributed by atoms with Gasteiger partial charge in [-0.2, -0.15) is 0 Å². The minimum atomic E-state index is 0. The molecule has 38 N–H and O–H groups in total. The maximum atomic E-state index is 0. The van der Waals surface area contributed by atoms with Gasteiger partial charge in [0.25, 0.3) is 0 Å². The van der Waals surface area contributed by atoms with E-state index in [0.29, 0.717) is 0 Å². The van der Waals surface area contributed by atoms with E-state index in [4.69, 9.17) is 0 Å². The summed E-state index contributed by atoms with van der Waals surface area (Å²) in [7, 11) is 0. The normalized spacial score (nSPS) is 0. The molecule has 0 atom stereocenters. The molecule has 0 amide bonds. The Morgan fingerprint density at radius 2 is 0.0938 bits per heavy atom. The Bertz CT molecular complexity index is 36.3. The molecule has 0 aromatic heterocycles. The molecule has 0 spiro atoms. The zero-order chi connectivity index (χ0) is 0. The zero-order valence-electron chi connectivity index (χ0n) is 14.4. The van der Waals surface area contributed by atoms with E-state index in [9.17, 15) is 0 Å². The first kappa shape index (κ1) is 1160. The van der Waals surface area contributed by atoms with Crippen LogP contribution >= 0.6 is 0 Å². The van der Waals surface area contributed by atoms with Crippen LogP contribution in [0.15, 0.2) is 0 Å². The monoisotopic (exact) mass is 1100 g/mol. The van der Waals surface area contributed by atoms with Gasteiger partial charge in [0, 0.05) is 250 Å². The maximum Gasteiger partial charge on any atom is 0 e. The molecule has 250 valence electrons. The summed E-state index contributed by atoms with van der Waals surface area (Å²) in [6, 6.07) is 0. The van der Waals surface area contributed by atoms with Gasteiger partial charge in [-0.3, -0.25) is 0 Å². The molecule has 19 nitrogen and oxygen atoms in total.